The van der Waals surface area contributed by atoms with Crippen molar-refractivity contribution >= 4 is 102 Å². The molecule has 0 unspecified atom stereocenters. The van der Waals surface area contributed by atoms with Gasteiger partial charge in [-0.25, -0.2) is 0 Å². The lowest BCUT2D eigenvalue weighted by atomic mass is 10.0. The molecule has 0 atom stereocenters. The van der Waals surface area contributed by atoms with Crippen LogP contribution in [0.25, 0.3) is 102 Å². The maximum Gasteiger partial charge on any atom is 0.0478 e. The first-order chi connectivity index (χ1) is 40.2. The Labute approximate surface area is 522 Å². The molecule has 9 heterocycles. The summed E-state index contributed by atoms with van der Waals surface area (Å²) in [6, 6.07) is 74.3. The molecule has 82 heavy (non-hydrogen) atoms. The fourth-order valence-electron chi connectivity index (χ4n) is 9.60. The second-order valence-electron chi connectivity index (χ2n) is 20.0. The van der Waals surface area contributed by atoms with Crippen LogP contribution in [0.5, 0.6) is 0 Å². The van der Waals surface area contributed by atoms with E-state index in [1.165, 1.54) is 138 Å². The van der Waals surface area contributed by atoms with Crippen molar-refractivity contribution in [3.05, 3.63) is 236 Å². The molecule has 9 aromatic heterocycles. The fourth-order valence-corrected chi connectivity index (χ4v) is 19.1. The predicted molar refractivity (Wildman–Crippen MR) is 376 cm³/mol. The Kier molecular flexibility index (Phi) is 19.3. The summed E-state index contributed by atoms with van der Waals surface area (Å²) in [4.78, 5) is 25.0. The van der Waals surface area contributed by atoms with Crippen molar-refractivity contribution in [1.82, 2.24) is 0 Å². The summed E-state index contributed by atoms with van der Waals surface area (Å²) in [6.45, 7) is 15.5. The topological polar surface area (TPSA) is 0 Å². The van der Waals surface area contributed by atoms with E-state index in [1.54, 1.807) is 0 Å². The monoisotopic (exact) mass is 1230 g/mol. The van der Waals surface area contributed by atoms with E-state index < -0.39 is 0 Å². The minimum Gasteiger partial charge on any atom is -0.140 e. The second kappa shape index (κ2) is 27.3. The van der Waals surface area contributed by atoms with Gasteiger partial charge in [0, 0.05) is 87.8 Å². The third-order valence-corrected chi connectivity index (χ3v) is 26.2. The van der Waals surface area contributed by atoms with Gasteiger partial charge in [0.05, 0.1) is 0 Å². The molecular weight excluding hydrogens is 1170 g/mol. The summed E-state index contributed by atoms with van der Waals surface area (Å²) >= 11 is 17.1. The van der Waals surface area contributed by atoms with E-state index in [2.05, 4.69) is 249 Å². The second-order valence-corrected chi connectivity index (χ2v) is 30.1. The van der Waals surface area contributed by atoms with Crippen LogP contribution in [0.2, 0.25) is 0 Å². The molecule has 0 radical (unpaired) electrons. The number of thiophene rings is 9. The first-order valence-corrected chi connectivity index (χ1v) is 35.8. The Morgan fingerprint density at radius 3 is 0.805 bits per heavy atom. The molecule has 0 aliphatic heterocycles. The molecule has 13 aromatic rings. The minimum absolute atomic E-state index is 1.09. The molecule has 0 saturated carbocycles. The maximum absolute atomic E-state index is 2.36. The van der Waals surface area contributed by atoms with Gasteiger partial charge in [0.1, 0.15) is 0 Å². The van der Waals surface area contributed by atoms with Gasteiger partial charge in [-0.3, -0.25) is 0 Å². The third kappa shape index (κ3) is 13.7. The zero-order valence-corrected chi connectivity index (χ0v) is 54.8. The van der Waals surface area contributed by atoms with Gasteiger partial charge in [0.15, 0.2) is 0 Å². The van der Waals surface area contributed by atoms with Gasteiger partial charge in [-0.05, 0) is 199 Å². The molecule has 13 rings (SSSR count). The summed E-state index contributed by atoms with van der Waals surface area (Å²) in [6.07, 6.45) is 6.63. The number of rotatable bonds is 16. The van der Waals surface area contributed by atoms with Crippen molar-refractivity contribution in [3.8, 4) is 102 Å². The summed E-state index contributed by atoms with van der Waals surface area (Å²) in [7, 11) is 0. The number of hydrogen-bond donors (Lipinski definition) is 0. The van der Waals surface area contributed by atoms with Crippen LogP contribution in [0.3, 0.4) is 0 Å². The Morgan fingerprint density at radius 2 is 0.451 bits per heavy atom. The summed E-state index contributed by atoms with van der Waals surface area (Å²) in [5.41, 5.74) is 11.9. The first kappa shape index (κ1) is 58.0. The summed E-state index contributed by atoms with van der Waals surface area (Å²) in [5, 5.41) is 0. The van der Waals surface area contributed by atoms with Crippen LogP contribution in [-0.2, 0) is 38.5 Å². The summed E-state index contributed by atoms with van der Waals surface area (Å²) < 4.78 is 0. The van der Waals surface area contributed by atoms with Crippen LogP contribution in [0.4, 0.5) is 0 Å². The lowest BCUT2D eigenvalue weighted by Crippen LogP contribution is -1.79. The molecule has 0 N–H and O–H groups in total. The number of benzene rings is 4. The van der Waals surface area contributed by atoms with Crippen LogP contribution in [0.1, 0.15) is 77.7 Å². The molecule has 412 valence electrons. The van der Waals surface area contributed by atoms with Gasteiger partial charge < -0.3 is 0 Å². The van der Waals surface area contributed by atoms with Crippen LogP contribution in [0.15, 0.2) is 200 Å². The van der Waals surface area contributed by atoms with Crippen LogP contribution in [0, 0.1) is 6.92 Å². The smallest absolute Gasteiger partial charge is 0.0478 e. The molecule has 0 aliphatic carbocycles. The molecule has 0 saturated heterocycles. The van der Waals surface area contributed by atoms with Crippen molar-refractivity contribution < 1.29 is 0 Å². The predicted octanol–water partition coefficient (Wildman–Crippen LogP) is 26.0. The summed E-state index contributed by atoms with van der Waals surface area (Å²) in [5.74, 6) is 0. The molecule has 0 bridgehead atoms. The number of hydrogen-bond acceptors (Lipinski definition) is 9. The Balaban J connectivity index is 0.000000130. The van der Waals surface area contributed by atoms with Crippen LogP contribution >= 0.6 is 102 Å². The quantitative estimate of drug-likeness (QED) is 0.0904. The van der Waals surface area contributed by atoms with Gasteiger partial charge >= 0.3 is 0 Å². The van der Waals surface area contributed by atoms with Crippen molar-refractivity contribution in [2.75, 3.05) is 0 Å². The van der Waals surface area contributed by atoms with Gasteiger partial charge in [-0.15, -0.1) is 102 Å². The lowest BCUT2D eigenvalue weighted by molar-refractivity contribution is 1.14. The van der Waals surface area contributed by atoms with Crippen LogP contribution < -0.4 is 0 Å². The van der Waals surface area contributed by atoms with Gasteiger partial charge in [-0.1, -0.05) is 139 Å². The molecule has 0 fully saturated rings. The van der Waals surface area contributed by atoms with E-state index in [0.717, 1.165) is 38.5 Å². The van der Waals surface area contributed by atoms with E-state index in [4.69, 9.17) is 0 Å². The molecule has 4 aromatic carbocycles. The Morgan fingerprint density at radius 1 is 0.207 bits per heavy atom. The average molecular weight is 1230 g/mol. The normalized spacial score (nSPS) is 11.2. The lowest BCUT2D eigenvalue weighted by Gasteiger charge is -2.05. The minimum atomic E-state index is 1.09. The highest BCUT2D eigenvalue weighted by atomic mass is 32.1. The number of aryl methyl sites for hydroxylation is 7. The largest absolute Gasteiger partial charge is 0.140 e. The standard InChI is InChI=1S/C25H22S5.2C24H22S2/c1-4-16-6-8-18(26-16)20-10-11-22(28-20)24-14-15(3)25(30-24)23-13-12-21(29-23)19-9-7-17(5-2)27-19;1-3-21-13-15-23(25-21)19-9-5-17(6-10-19)18-7-11-20(12-8-18)24-16-14-22(4-2)26-24;1-3-17-5-9-19(10-6-17)21-13-15-23(25-21)24-16-14-22(26-24)20-11-7-18(4-2)8-12-20/h6-14H,4-5H2,1-3H3;2*5-16H,3-4H2,1-2H3. The highest BCUT2D eigenvalue weighted by Crippen LogP contribution is 2.47. The Hall–Kier alpha value is -5.82. The van der Waals surface area contributed by atoms with Gasteiger partial charge in [-0.2, -0.15) is 0 Å². The molecule has 0 spiro atoms. The highest BCUT2D eigenvalue weighted by molar-refractivity contribution is 7.30. The third-order valence-electron chi connectivity index (χ3n) is 14.5. The van der Waals surface area contributed by atoms with Gasteiger partial charge in [0.25, 0.3) is 0 Å². The fraction of sp³-hybridized carbons (Fsp3) is 0.178. The first-order valence-electron chi connectivity index (χ1n) is 28.4. The van der Waals surface area contributed by atoms with E-state index in [-0.39, 0.29) is 0 Å². The molecule has 0 nitrogen and oxygen atoms in total. The van der Waals surface area contributed by atoms with Crippen molar-refractivity contribution in [3.63, 3.8) is 0 Å². The van der Waals surface area contributed by atoms with E-state index in [0.29, 0.717) is 0 Å². The maximum atomic E-state index is 2.36. The zero-order valence-electron chi connectivity index (χ0n) is 47.5. The molecule has 9 heteroatoms. The van der Waals surface area contributed by atoms with Crippen molar-refractivity contribution in [1.29, 1.82) is 0 Å². The van der Waals surface area contributed by atoms with E-state index in [9.17, 15) is 0 Å². The zero-order chi connectivity index (χ0) is 56.5. The van der Waals surface area contributed by atoms with E-state index in [1.807, 2.05) is 102 Å². The van der Waals surface area contributed by atoms with Crippen LogP contribution in [-0.4, -0.2) is 0 Å². The Bertz CT molecular complexity index is 3940. The van der Waals surface area contributed by atoms with Crippen molar-refractivity contribution in [2.45, 2.75) is 87.0 Å². The SMILES string of the molecule is CCc1ccc(-c2ccc(-c3cc(C)c(-c4ccc(-c5ccc(CC)s5)s4)s3)s2)s1.CCc1ccc(-c2ccc(-c3ccc(-c4ccc(CC)cc4)s3)s2)cc1.CCc1ccc(-c2ccc(-c3ccc(-c4ccc(CC)s4)cc3)cc2)s1. The molecule has 0 amide bonds. The molecular formula is C73H66S9. The average Bonchev–Trinajstić information content (AvgIpc) is 4.43. The van der Waals surface area contributed by atoms with E-state index >= 15 is 0 Å². The van der Waals surface area contributed by atoms with Gasteiger partial charge in [0.2, 0.25) is 0 Å². The van der Waals surface area contributed by atoms with Crippen molar-refractivity contribution in [2.24, 2.45) is 0 Å². The highest BCUT2D eigenvalue weighted by Gasteiger charge is 2.16. The molecule has 0 aliphatic rings.